The van der Waals surface area contributed by atoms with E-state index in [1.54, 1.807) is 0 Å². The number of imidazole rings is 1. The van der Waals surface area contributed by atoms with Crippen molar-refractivity contribution in [1.82, 2.24) is 14.3 Å². The van der Waals surface area contributed by atoms with E-state index in [2.05, 4.69) is 9.97 Å². The highest BCUT2D eigenvalue weighted by Gasteiger charge is 2.29. The first-order valence-corrected chi connectivity index (χ1v) is 9.66. The molecule has 0 radical (unpaired) electrons. The minimum absolute atomic E-state index is 0.0120. The van der Waals surface area contributed by atoms with Gasteiger partial charge in [0.05, 0.1) is 30.0 Å². The molecule has 1 atom stereocenters. The molecule has 0 saturated carbocycles. The average molecular weight is 368 g/mol. The van der Waals surface area contributed by atoms with Crippen molar-refractivity contribution in [1.29, 1.82) is 0 Å². The Hall–Kier alpha value is -2.17. The summed E-state index contributed by atoms with van der Waals surface area (Å²) in [5, 5.41) is 8.91. The number of carboxylic acid groups (broad SMARTS) is 1. The van der Waals surface area contributed by atoms with Crippen LogP contribution in [0.4, 0.5) is 5.95 Å². The highest BCUT2D eigenvalue weighted by molar-refractivity contribution is 7.88. The molecule has 0 bridgehead atoms. The lowest BCUT2D eigenvalue weighted by atomic mass is 10.2. The average Bonchev–Trinajstić information content (AvgIpc) is 2.97. The van der Waals surface area contributed by atoms with Gasteiger partial charge in [0.2, 0.25) is 16.0 Å². The number of nitrogens with zero attached hydrogens (tertiary/aromatic N) is 3. The monoisotopic (exact) mass is 368 g/mol. The molecule has 10 heteroatoms. The number of fused-ring (bicyclic) bond motifs is 1. The second-order valence-corrected chi connectivity index (χ2v) is 7.95. The van der Waals surface area contributed by atoms with E-state index in [0.29, 0.717) is 25.6 Å². The minimum Gasteiger partial charge on any atom is -0.480 e. The van der Waals surface area contributed by atoms with E-state index >= 15 is 0 Å². The van der Waals surface area contributed by atoms with Crippen molar-refractivity contribution in [3.63, 3.8) is 0 Å². The van der Waals surface area contributed by atoms with Crippen molar-refractivity contribution in [2.24, 2.45) is 0 Å². The third-order valence-corrected chi connectivity index (χ3v) is 5.22. The fourth-order valence-corrected chi connectivity index (χ4v) is 3.59. The van der Waals surface area contributed by atoms with Crippen molar-refractivity contribution in [3.8, 4) is 0 Å². The predicted octanol–water partition coefficient (Wildman–Crippen LogP) is 0.114. The number of hydrogen-bond acceptors (Lipinski definition) is 6. The Morgan fingerprint density at radius 3 is 2.92 bits per heavy atom. The number of carbonyl (C=O) groups is 1. The van der Waals surface area contributed by atoms with Crippen LogP contribution >= 0.6 is 0 Å². The van der Waals surface area contributed by atoms with E-state index in [4.69, 9.17) is 9.84 Å². The number of aromatic amines is 1. The SMILES string of the molecule is CS(=O)(=O)N(CC(=O)O)CC1CN(c2nc3ccccc3[nH]2)CCO1. The zero-order valence-electron chi connectivity index (χ0n) is 13.8. The summed E-state index contributed by atoms with van der Waals surface area (Å²) in [5.41, 5.74) is 1.77. The number of hydrogen-bond donors (Lipinski definition) is 2. The zero-order chi connectivity index (χ0) is 18.0. The van der Waals surface area contributed by atoms with Crippen LogP contribution in [0.1, 0.15) is 0 Å². The Bertz CT molecular complexity index is 833. The van der Waals surface area contributed by atoms with Gasteiger partial charge >= 0.3 is 5.97 Å². The first-order valence-electron chi connectivity index (χ1n) is 7.81. The van der Waals surface area contributed by atoms with Crippen molar-refractivity contribution in [3.05, 3.63) is 24.3 Å². The first-order chi connectivity index (χ1) is 11.8. The van der Waals surface area contributed by atoms with Crippen molar-refractivity contribution in [2.75, 3.05) is 43.9 Å². The fourth-order valence-electron chi connectivity index (χ4n) is 2.81. The predicted molar refractivity (Wildman–Crippen MR) is 92.1 cm³/mol. The smallest absolute Gasteiger partial charge is 0.318 e. The Labute approximate surface area is 145 Å². The number of ether oxygens (including phenoxy) is 1. The molecule has 1 aromatic heterocycles. The Morgan fingerprint density at radius 1 is 1.48 bits per heavy atom. The molecule has 0 amide bonds. The van der Waals surface area contributed by atoms with Crippen LogP contribution in [0.5, 0.6) is 0 Å². The quantitative estimate of drug-likeness (QED) is 0.744. The second-order valence-electron chi connectivity index (χ2n) is 5.97. The first kappa shape index (κ1) is 17.6. The van der Waals surface area contributed by atoms with Crippen molar-refractivity contribution in [2.45, 2.75) is 6.10 Å². The van der Waals surface area contributed by atoms with Crippen LogP contribution < -0.4 is 4.90 Å². The van der Waals surface area contributed by atoms with Gasteiger partial charge in [0, 0.05) is 19.6 Å². The molecule has 2 N–H and O–H groups in total. The van der Waals surface area contributed by atoms with Gasteiger partial charge in [-0.25, -0.2) is 13.4 Å². The number of H-pyrrole nitrogens is 1. The lowest BCUT2D eigenvalue weighted by molar-refractivity contribution is -0.137. The summed E-state index contributed by atoms with van der Waals surface area (Å²) in [6, 6.07) is 7.67. The zero-order valence-corrected chi connectivity index (χ0v) is 14.6. The molecular weight excluding hydrogens is 348 g/mol. The van der Waals surface area contributed by atoms with Gasteiger partial charge < -0.3 is 19.7 Å². The lowest BCUT2D eigenvalue weighted by Crippen LogP contribution is -2.50. The van der Waals surface area contributed by atoms with Crippen molar-refractivity contribution >= 4 is 33.0 Å². The molecular formula is C15H20N4O5S. The normalized spacial score (nSPS) is 18.8. The summed E-state index contributed by atoms with van der Waals surface area (Å²) in [7, 11) is -3.63. The molecule has 1 fully saturated rings. The van der Waals surface area contributed by atoms with E-state index in [-0.39, 0.29) is 6.54 Å². The van der Waals surface area contributed by atoms with Crippen molar-refractivity contribution < 1.29 is 23.1 Å². The summed E-state index contributed by atoms with van der Waals surface area (Å²) in [6.45, 7) is 0.858. The largest absolute Gasteiger partial charge is 0.480 e. The van der Waals surface area contributed by atoms with Gasteiger partial charge in [0.15, 0.2) is 0 Å². The number of morpholine rings is 1. The minimum atomic E-state index is -3.63. The maximum absolute atomic E-state index is 11.8. The molecule has 1 aliphatic rings. The van der Waals surface area contributed by atoms with Gasteiger partial charge in [-0.2, -0.15) is 4.31 Å². The third-order valence-electron chi connectivity index (χ3n) is 4.00. The molecule has 1 unspecified atom stereocenters. The van der Waals surface area contributed by atoms with Gasteiger partial charge in [-0.15, -0.1) is 0 Å². The number of sulfonamides is 1. The molecule has 136 valence electrons. The van der Waals surface area contributed by atoms with Crippen LogP contribution in [0.2, 0.25) is 0 Å². The Morgan fingerprint density at radius 2 is 2.24 bits per heavy atom. The lowest BCUT2D eigenvalue weighted by Gasteiger charge is -2.34. The highest BCUT2D eigenvalue weighted by Crippen LogP contribution is 2.19. The van der Waals surface area contributed by atoms with E-state index in [0.717, 1.165) is 21.6 Å². The van der Waals surface area contributed by atoms with Crippen LogP contribution in [0, 0.1) is 0 Å². The molecule has 2 aromatic rings. The van der Waals surface area contributed by atoms with Gasteiger partial charge in [-0.3, -0.25) is 4.79 Å². The molecule has 1 aromatic carbocycles. The van der Waals surface area contributed by atoms with E-state index in [1.807, 2.05) is 29.2 Å². The number of nitrogens with one attached hydrogen (secondary N) is 1. The summed E-state index contributed by atoms with van der Waals surface area (Å²) in [5.74, 6) is -0.506. The number of para-hydroxylation sites is 2. The van der Waals surface area contributed by atoms with E-state index < -0.39 is 28.6 Å². The molecule has 25 heavy (non-hydrogen) atoms. The number of carboxylic acids is 1. The maximum atomic E-state index is 11.8. The van der Waals surface area contributed by atoms with Gasteiger partial charge in [0.25, 0.3) is 0 Å². The molecule has 1 aliphatic heterocycles. The third kappa shape index (κ3) is 4.27. The van der Waals surface area contributed by atoms with Gasteiger partial charge in [0.1, 0.15) is 6.54 Å². The highest BCUT2D eigenvalue weighted by atomic mass is 32.2. The van der Waals surface area contributed by atoms with Gasteiger partial charge in [-0.05, 0) is 12.1 Å². The Kier molecular flexibility index (Phi) is 4.93. The number of aromatic nitrogens is 2. The van der Waals surface area contributed by atoms with E-state index in [9.17, 15) is 13.2 Å². The topological polar surface area (TPSA) is 116 Å². The standard InChI is InChI=1S/C15H20N4O5S/c1-25(22,23)19(10-14(20)21)9-11-8-18(6-7-24-11)15-16-12-4-2-3-5-13(12)17-15/h2-5,11H,6-10H2,1H3,(H,16,17)(H,20,21). The fraction of sp³-hybridized carbons (Fsp3) is 0.467. The van der Waals surface area contributed by atoms with Gasteiger partial charge in [-0.1, -0.05) is 12.1 Å². The number of benzene rings is 1. The van der Waals surface area contributed by atoms with Crippen LogP contribution in [0.25, 0.3) is 11.0 Å². The number of aliphatic carboxylic acids is 1. The molecule has 2 heterocycles. The molecule has 9 nitrogen and oxygen atoms in total. The summed E-state index contributed by atoms with van der Waals surface area (Å²) in [4.78, 5) is 20.7. The number of anilines is 1. The van der Waals surface area contributed by atoms with E-state index in [1.165, 1.54) is 0 Å². The number of rotatable bonds is 6. The summed E-state index contributed by atoms with van der Waals surface area (Å²) < 4.78 is 30.1. The van der Waals surface area contributed by atoms with Crippen LogP contribution in [0.3, 0.4) is 0 Å². The van der Waals surface area contributed by atoms with Crippen LogP contribution in [0.15, 0.2) is 24.3 Å². The second kappa shape index (κ2) is 6.98. The van der Waals surface area contributed by atoms with Crippen LogP contribution in [-0.2, 0) is 19.6 Å². The molecule has 0 spiro atoms. The molecule has 1 saturated heterocycles. The van der Waals surface area contributed by atoms with Crippen LogP contribution in [-0.4, -0.2) is 78.9 Å². The Balaban J connectivity index is 1.72. The summed E-state index contributed by atoms with van der Waals surface area (Å²) >= 11 is 0. The summed E-state index contributed by atoms with van der Waals surface area (Å²) in [6.07, 6.45) is 0.562. The molecule has 0 aliphatic carbocycles. The maximum Gasteiger partial charge on any atom is 0.318 e. The molecule has 3 rings (SSSR count).